The molecule has 0 aliphatic heterocycles. The Morgan fingerprint density at radius 2 is 1.61 bits per heavy atom. The maximum atomic E-state index is 14.2. The normalized spacial score (nSPS) is 19.8. The summed E-state index contributed by atoms with van der Waals surface area (Å²) >= 11 is 0. The molecule has 2 N–H and O–H groups in total. The Bertz CT molecular complexity index is 917. The smallest absolute Gasteiger partial charge is 0.408 e. The Morgan fingerprint density at radius 3 is 2.06 bits per heavy atom. The van der Waals surface area contributed by atoms with Crippen LogP contribution in [0.5, 0.6) is 0 Å². The molecule has 5 atom stereocenters. The summed E-state index contributed by atoms with van der Waals surface area (Å²) in [7, 11) is 0. The van der Waals surface area contributed by atoms with Crippen LogP contribution in [0, 0.1) is 25.7 Å². The van der Waals surface area contributed by atoms with Crippen LogP contribution >= 0.6 is 0 Å². The van der Waals surface area contributed by atoms with Crippen molar-refractivity contribution >= 4 is 17.9 Å². The molecule has 0 saturated heterocycles. The number of aryl methyl sites for hydroxylation is 2. The number of hydrogen-bond donors (Lipinski definition) is 2. The van der Waals surface area contributed by atoms with Crippen molar-refractivity contribution in [2.75, 3.05) is 0 Å². The quantitative estimate of drug-likeness (QED) is 0.447. The van der Waals surface area contributed by atoms with Gasteiger partial charge in [-0.1, -0.05) is 63.4 Å². The maximum absolute atomic E-state index is 14.2. The lowest BCUT2D eigenvalue weighted by Crippen LogP contribution is -2.56. The molecule has 0 aromatic heterocycles. The second kappa shape index (κ2) is 12.1. The molecule has 202 valence electrons. The number of hydrogen-bond acceptors (Lipinski definition) is 4. The van der Waals surface area contributed by atoms with Gasteiger partial charge in [0, 0.05) is 12.1 Å². The third-order valence-corrected chi connectivity index (χ3v) is 6.48. The van der Waals surface area contributed by atoms with E-state index >= 15 is 0 Å². The molecular weight excluding hydrogens is 454 g/mol. The van der Waals surface area contributed by atoms with Gasteiger partial charge in [-0.25, -0.2) is 4.79 Å². The van der Waals surface area contributed by atoms with Gasteiger partial charge in [-0.2, -0.15) is 0 Å². The highest BCUT2D eigenvalue weighted by atomic mass is 16.6. The zero-order valence-electron chi connectivity index (χ0n) is 23.9. The molecule has 5 unspecified atom stereocenters. The number of ether oxygens (including phenoxy) is 1. The van der Waals surface area contributed by atoms with E-state index in [2.05, 4.69) is 30.5 Å². The van der Waals surface area contributed by atoms with Crippen molar-refractivity contribution in [3.8, 4) is 0 Å². The van der Waals surface area contributed by atoms with Crippen LogP contribution < -0.4 is 10.6 Å². The van der Waals surface area contributed by atoms with Crippen molar-refractivity contribution < 1.29 is 19.1 Å². The van der Waals surface area contributed by atoms with Crippen molar-refractivity contribution in [3.63, 3.8) is 0 Å². The summed E-state index contributed by atoms with van der Waals surface area (Å²) in [5.41, 5.74) is 2.18. The first kappa shape index (κ1) is 29.7. The van der Waals surface area contributed by atoms with Crippen LogP contribution in [0.1, 0.15) is 97.4 Å². The zero-order chi connectivity index (χ0) is 27.4. The molecule has 1 aliphatic rings. The second-order valence-corrected chi connectivity index (χ2v) is 11.9. The number of nitrogens with zero attached hydrogens (tertiary/aromatic N) is 1. The van der Waals surface area contributed by atoms with E-state index in [4.69, 9.17) is 4.74 Å². The molecule has 0 heterocycles. The third-order valence-electron chi connectivity index (χ3n) is 6.48. The van der Waals surface area contributed by atoms with Gasteiger partial charge in [-0.15, -0.1) is 0 Å². The van der Waals surface area contributed by atoms with Crippen LogP contribution in [0.2, 0.25) is 0 Å². The lowest BCUT2D eigenvalue weighted by Gasteiger charge is -2.36. The SMILES string of the molecule is CCCC(C)NC(=O)C(c1cc(C)cc(C)c1)N(C(=O)C(NC(=O)OC(C)(C)C)C(C)C)C1CC1C. The Hall–Kier alpha value is -2.57. The molecule has 1 aromatic rings. The predicted molar refractivity (Wildman–Crippen MR) is 144 cm³/mol. The molecule has 2 rings (SSSR count). The first-order chi connectivity index (χ1) is 16.6. The summed E-state index contributed by atoms with van der Waals surface area (Å²) < 4.78 is 5.45. The van der Waals surface area contributed by atoms with Crippen LogP contribution in [0.3, 0.4) is 0 Å². The number of carbonyl (C=O) groups excluding carboxylic acids is 3. The van der Waals surface area contributed by atoms with Gasteiger partial charge < -0.3 is 20.3 Å². The summed E-state index contributed by atoms with van der Waals surface area (Å²) in [6, 6.07) is 4.35. The molecule has 0 bridgehead atoms. The highest BCUT2D eigenvalue weighted by Gasteiger charge is 2.48. The van der Waals surface area contributed by atoms with Gasteiger partial charge in [0.2, 0.25) is 11.8 Å². The average molecular weight is 502 g/mol. The first-order valence-corrected chi connectivity index (χ1v) is 13.3. The molecule has 7 nitrogen and oxygen atoms in total. The van der Waals surface area contributed by atoms with E-state index in [0.29, 0.717) is 0 Å². The van der Waals surface area contributed by atoms with Crippen molar-refractivity contribution in [3.05, 3.63) is 34.9 Å². The van der Waals surface area contributed by atoms with Crippen molar-refractivity contribution in [1.29, 1.82) is 0 Å². The van der Waals surface area contributed by atoms with Gasteiger partial charge in [0.05, 0.1) is 0 Å². The third kappa shape index (κ3) is 8.24. The van der Waals surface area contributed by atoms with E-state index < -0.39 is 23.8 Å². The average Bonchev–Trinajstić information content (AvgIpc) is 3.43. The predicted octanol–water partition coefficient (Wildman–Crippen LogP) is 5.44. The number of amides is 3. The van der Waals surface area contributed by atoms with Crippen LogP contribution in [0.15, 0.2) is 18.2 Å². The highest BCUT2D eigenvalue weighted by molar-refractivity contribution is 5.93. The van der Waals surface area contributed by atoms with Crippen molar-refractivity contribution in [2.45, 2.75) is 118 Å². The number of carbonyl (C=O) groups is 3. The minimum atomic E-state index is -0.818. The molecule has 36 heavy (non-hydrogen) atoms. The van der Waals surface area contributed by atoms with Crippen LogP contribution in [0.4, 0.5) is 4.79 Å². The summed E-state index contributed by atoms with van der Waals surface area (Å²) in [6.07, 6.45) is 1.99. The lowest BCUT2D eigenvalue weighted by molar-refractivity contribution is -0.144. The van der Waals surface area contributed by atoms with Crippen molar-refractivity contribution in [1.82, 2.24) is 15.5 Å². The molecule has 0 radical (unpaired) electrons. The number of nitrogens with one attached hydrogen (secondary N) is 2. The monoisotopic (exact) mass is 501 g/mol. The highest BCUT2D eigenvalue weighted by Crippen LogP contribution is 2.41. The minimum Gasteiger partial charge on any atom is -0.444 e. The number of rotatable bonds is 10. The van der Waals surface area contributed by atoms with E-state index in [1.54, 1.807) is 25.7 Å². The van der Waals surface area contributed by atoms with E-state index in [0.717, 1.165) is 36.0 Å². The summed E-state index contributed by atoms with van der Waals surface area (Å²) in [5, 5.41) is 5.94. The summed E-state index contributed by atoms with van der Waals surface area (Å²) in [4.78, 5) is 42.4. The minimum absolute atomic E-state index is 0.00901. The standard InChI is InChI=1S/C29H47N3O4/c1-11-12-21(7)30-26(33)25(22-14-18(4)13-19(5)15-22)32(23-16-20(23)6)27(34)24(17(2)3)31-28(35)36-29(8,9)10/h13-15,17,20-21,23-25H,11-12,16H2,1-10H3,(H,30,33)(H,31,35). The molecular formula is C29H47N3O4. The topological polar surface area (TPSA) is 87.7 Å². The van der Waals surface area contributed by atoms with Gasteiger partial charge in [-0.05, 0) is 71.8 Å². The van der Waals surface area contributed by atoms with Crippen molar-refractivity contribution in [2.24, 2.45) is 11.8 Å². The van der Waals surface area contributed by atoms with E-state index in [-0.39, 0.29) is 35.7 Å². The largest absolute Gasteiger partial charge is 0.444 e. The van der Waals surface area contributed by atoms with Crippen LogP contribution in [-0.4, -0.2) is 46.5 Å². The van der Waals surface area contributed by atoms with Gasteiger partial charge >= 0.3 is 6.09 Å². The van der Waals surface area contributed by atoms with Crippen LogP contribution in [0.25, 0.3) is 0 Å². The fourth-order valence-electron chi connectivity index (χ4n) is 4.71. The fraction of sp³-hybridized carbons (Fsp3) is 0.690. The fourth-order valence-corrected chi connectivity index (χ4v) is 4.71. The Morgan fingerprint density at radius 1 is 1.06 bits per heavy atom. The maximum Gasteiger partial charge on any atom is 0.408 e. The van der Waals surface area contributed by atoms with Gasteiger partial charge in [0.15, 0.2) is 0 Å². The van der Waals surface area contributed by atoms with Gasteiger partial charge in [0.1, 0.15) is 17.7 Å². The molecule has 1 aliphatic carbocycles. The van der Waals surface area contributed by atoms with E-state index in [1.807, 2.05) is 46.8 Å². The molecule has 1 fully saturated rings. The first-order valence-electron chi connectivity index (χ1n) is 13.3. The molecule has 0 spiro atoms. The van der Waals surface area contributed by atoms with E-state index in [9.17, 15) is 14.4 Å². The second-order valence-electron chi connectivity index (χ2n) is 11.9. The van der Waals surface area contributed by atoms with Gasteiger partial charge in [0.25, 0.3) is 0 Å². The number of alkyl carbamates (subject to hydrolysis) is 1. The Kier molecular flexibility index (Phi) is 9.98. The zero-order valence-corrected chi connectivity index (χ0v) is 23.9. The molecule has 1 aromatic carbocycles. The van der Waals surface area contributed by atoms with Gasteiger partial charge in [-0.3, -0.25) is 9.59 Å². The molecule has 3 amide bonds. The number of benzene rings is 1. The van der Waals surface area contributed by atoms with Crippen LogP contribution in [-0.2, 0) is 14.3 Å². The summed E-state index contributed by atoms with van der Waals surface area (Å²) in [6.45, 7) is 19.3. The molecule has 7 heteroatoms. The summed E-state index contributed by atoms with van der Waals surface area (Å²) in [5.74, 6) is -0.359. The molecule has 1 saturated carbocycles. The lowest BCUT2D eigenvalue weighted by atomic mass is 9.96. The van der Waals surface area contributed by atoms with E-state index in [1.165, 1.54) is 0 Å². The Labute approximate surface area is 217 Å². The Balaban J connectivity index is 2.52.